The largest absolute Gasteiger partial charge is 0.357 e. The molecule has 0 aromatic carbocycles. The van der Waals surface area contributed by atoms with Gasteiger partial charge in [0.15, 0.2) is 5.96 Å². The smallest absolute Gasteiger partial charge is 0.191 e. The third-order valence-electron chi connectivity index (χ3n) is 4.63. The van der Waals surface area contributed by atoms with Crippen LogP contribution in [0.5, 0.6) is 0 Å². The predicted octanol–water partition coefficient (Wildman–Crippen LogP) is 3.52. The lowest BCUT2D eigenvalue weighted by molar-refractivity contribution is 0.250. The highest BCUT2D eigenvalue weighted by Gasteiger charge is 2.23. The Morgan fingerprint density at radius 2 is 2.00 bits per heavy atom. The van der Waals surface area contributed by atoms with E-state index in [-0.39, 0.29) is 24.0 Å². The fourth-order valence-corrected chi connectivity index (χ4v) is 3.17. The number of aromatic nitrogens is 1. The molecule has 0 unspecified atom stereocenters. The molecule has 0 atom stereocenters. The maximum absolute atomic E-state index is 4.35. The van der Waals surface area contributed by atoms with E-state index < -0.39 is 0 Å². The van der Waals surface area contributed by atoms with Crippen molar-refractivity contribution in [2.75, 3.05) is 7.05 Å². The highest BCUT2D eigenvalue weighted by Crippen LogP contribution is 2.29. The average molecular weight is 418 g/mol. The van der Waals surface area contributed by atoms with E-state index in [0.717, 1.165) is 24.3 Å². The number of rotatable bonds is 4. The minimum Gasteiger partial charge on any atom is -0.357 e. The molecule has 2 N–H and O–H groups in total. The average Bonchev–Trinajstić information content (AvgIpc) is 2.89. The number of halogens is 1. The Balaban J connectivity index is 0.00000242. The number of hydrogen-bond acceptors (Lipinski definition) is 1. The molecule has 0 radical (unpaired) electrons. The maximum Gasteiger partial charge on any atom is 0.191 e. The van der Waals surface area contributed by atoms with Crippen molar-refractivity contribution in [2.45, 2.75) is 52.1 Å². The van der Waals surface area contributed by atoms with Crippen LogP contribution in [-0.2, 0) is 13.6 Å². The zero-order valence-electron chi connectivity index (χ0n) is 14.3. The summed E-state index contributed by atoms with van der Waals surface area (Å²) in [5.41, 5.74) is 1.28. The third kappa shape index (κ3) is 5.82. The summed E-state index contributed by atoms with van der Waals surface area (Å²) in [7, 11) is 3.89. The molecule has 1 aliphatic carbocycles. The van der Waals surface area contributed by atoms with Gasteiger partial charge >= 0.3 is 0 Å². The van der Waals surface area contributed by atoms with E-state index in [1.807, 2.05) is 14.1 Å². The van der Waals surface area contributed by atoms with Crippen LogP contribution >= 0.6 is 24.0 Å². The lowest BCUT2D eigenvalue weighted by Gasteiger charge is -2.32. The van der Waals surface area contributed by atoms with Crippen molar-refractivity contribution in [2.24, 2.45) is 23.9 Å². The molecular weight excluding hydrogens is 387 g/mol. The van der Waals surface area contributed by atoms with Gasteiger partial charge in [-0.25, -0.2) is 0 Å². The number of guanidine groups is 1. The van der Waals surface area contributed by atoms with E-state index in [2.05, 4.69) is 52.5 Å². The van der Waals surface area contributed by atoms with Gasteiger partial charge in [0.1, 0.15) is 0 Å². The summed E-state index contributed by atoms with van der Waals surface area (Å²) in [5.74, 6) is 2.65. The van der Waals surface area contributed by atoms with E-state index in [1.54, 1.807) is 0 Å². The van der Waals surface area contributed by atoms with E-state index in [0.29, 0.717) is 6.04 Å². The fourth-order valence-electron chi connectivity index (χ4n) is 3.17. The molecule has 1 saturated carbocycles. The van der Waals surface area contributed by atoms with Crippen molar-refractivity contribution in [1.29, 1.82) is 0 Å². The fraction of sp³-hybridized carbons (Fsp3) is 0.706. The van der Waals surface area contributed by atoms with Crippen molar-refractivity contribution in [3.63, 3.8) is 0 Å². The van der Waals surface area contributed by atoms with Gasteiger partial charge in [-0.1, -0.05) is 13.8 Å². The Labute approximate surface area is 152 Å². The van der Waals surface area contributed by atoms with Crippen LogP contribution in [0, 0.1) is 11.8 Å². The Kier molecular flexibility index (Phi) is 8.28. The molecule has 0 aliphatic heterocycles. The Bertz CT molecular complexity index is 459. The minimum atomic E-state index is 0. The van der Waals surface area contributed by atoms with Crippen LogP contribution in [0.15, 0.2) is 23.5 Å². The first-order valence-corrected chi connectivity index (χ1v) is 8.16. The van der Waals surface area contributed by atoms with Crippen LogP contribution < -0.4 is 10.6 Å². The Hall–Kier alpha value is -0.720. The lowest BCUT2D eigenvalue weighted by Crippen LogP contribution is -2.44. The van der Waals surface area contributed by atoms with E-state index in [9.17, 15) is 0 Å². The van der Waals surface area contributed by atoms with Crippen LogP contribution in [0.3, 0.4) is 0 Å². The number of hydrogen-bond donors (Lipinski definition) is 2. The maximum atomic E-state index is 4.35. The van der Waals surface area contributed by atoms with Gasteiger partial charge in [0.2, 0.25) is 0 Å². The molecule has 1 aromatic rings. The van der Waals surface area contributed by atoms with Gasteiger partial charge in [-0.2, -0.15) is 0 Å². The zero-order valence-corrected chi connectivity index (χ0v) is 16.6. The Morgan fingerprint density at radius 3 is 2.50 bits per heavy atom. The van der Waals surface area contributed by atoms with Crippen molar-refractivity contribution in [1.82, 2.24) is 15.2 Å². The predicted molar refractivity (Wildman–Crippen MR) is 105 cm³/mol. The van der Waals surface area contributed by atoms with E-state index in [4.69, 9.17) is 0 Å². The van der Waals surface area contributed by atoms with Crippen molar-refractivity contribution < 1.29 is 0 Å². The van der Waals surface area contributed by atoms with Gasteiger partial charge in [-0.15, -0.1) is 24.0 Å². The first kappa shape index (κ1) is 19.3. The molecule has 22 heavy (non-hydrogen) atoms. The molecular formula is C17H31IN4. The van der Waals surface area contributed by atoms with Crippen LogP contribution in [0.25, 0.3) is 0 Å². The number of aryl methyl sites for hydroxylation is 1. The summed E-state index contributed by atoms with van der Waals surface area (Å²) >= 11 is 0. The molecule has 0 spiro atoms. The summed E-state index contributed by atoms with van der Waals surface area (Å²) in [6.45, 7) is 5.51. The zero-order chi connectivity index (χ0) is 15.2. The van der Waals surface area contributed by atoms with Crippen LogP contribution in [0.2, 0.25) is 0 Å². The van der Waals surface area contributed by atoms with E-state index in [1.165, 1.54) is 31.2 Å². The van der Waals surface area contributed by atoms with Gasteiger partial charge in [-0.05, 0) is 49.1 Å². The quantitative estimate of drug-likeness (QED) is 0.446. The molecule has 1 heterocycles. The van der Waals surface area contributed by atoms with Crippen molar-refractivity contribution >= 4 is 29.9 Å². The first-order valence-electron chi connectivity index (χ1n) is 8.16. The van der Waals surface area contributed by atoms with Crippen LogP contribution in [0.4, 0.5) is 0 Å². The number of aliphatic imine (C=N–C) groups is 1. The molecule has 2 rings (SSSR count). The first-order chi connectivity index (χ1) is 10.1. The summed E-state index contributed by atoms with van der Waals surface area (Å²) < 4.78 is 2.07. The topological polar surface area (TPSA) is 41.4 Å². The summed E-state index contributed by atoms with van der Waals surface area (Å²) in [6.07, 6.45) is 9.40. The molecule has 1 fully saturated rings. The standard InChI is InChI=1S/C17H30N4.HI/c1-13(2)15-5-7-16(8-6-15)20-17(18-3)19-11-14-9-10-21(4)12-14;/h9-10,12-13,15-16H,5-8,11H2,1-4H3,(H2,18,19,20);1H. The second kappa shape index (κ2) is 9.43. The van der Waals surface area contributed by atoms with Crippen LogP contribution in [-0.4, -0.2) is 23.6 Å². The highest BCUT2D eigenvalue weighted by atomic mass is 127. The second-order valence-electron chi connectivity index (χ2n) is 6.61. The molecule has 1 aromatic heterocycles. The minimum absolute atomic E-state index is 0. The van der Waals surface area contributed by atoms with Gasteiger partial charge in [0, 0.05) is 39.1 Å². The summed E-state index contributed by atoms with van der Waals surface area (Å²) in [5, 5.41) is 6.98. The summed E-state index contributed by atoms with van der Waals surface area (Å²) in [4.78, 5) is 4.35. The third-order valence-corrected chi connectivity index (χ3v) is 4.63. The molecule has 4 nitrogen and oxygen atoms in total. The lowest BCUT2D eigenvalue weighted by atomic mass is 9.80. The molecule has 0 bridgehead atoms. The van der Waals surface area contributed by atoms with Gasteiger partial charge in [-0.3, -0.25) is 4.99 Å². The molecule has 0 amide bonds. The molecule has 1 aliphatic rings. The molecule has 0 saturated heterocycles. The number of nitrogens with one attached hydrogen (secondary N) is 2. The van der Waals surface area contributed by atoms with Crippen molar-refractivity contribution in [3.8, 4) is 0 Å². The number of nitrogens with zero attached hydrogens (tertiary/aromatic N) is 2. The van der Waals surface area contributed by atoms with Gasteiger partial charge < -0.3 is 15.2 Å². The SMILES string of the molecule is CN=C(NCc1ccn(C)c1)NC1CCC(C(C)C)CC1.I. The second-order valence-corrected chi connectivity index (χ2v) is 6.61. The van der Waals surface area contributed by atoms with E-state index >= 15 is 0 Å². The Morgan fingerprint density at radius 1 is 1.32 bits per heavy atom. The molecule has 5 heteroatoms. The molecule has 126 valence electrons. The van der Waals surface area contributed by atoms with Gasteiger partial charge in [0.25, 0.3) is 0 Å². The van der Waals surface area contributed by atoms with Crippen molar-refractivity contribution in [3.05, 3.63) is 24.0 Å². The van der Waals surface area contributed by atoms with Gasteiger partial charge in [0.05, 0.1) is 0 Å². The van der Waals surface area contributed by atoms with Crippen LogP contribution in [0.1, 0.15) is 45.1 Å². The normalized spacial score (nSPS) is 22.3. The summed E-state index contributed by atoms with van der Waals surface area (Å²) in [6, 6.07) is 2.70. The monoisotopic (exact) mass is 418 g/mol. The highest BCUT2D eigenvalue weighted by molar-refractivity contribution is 14.0.